The monoisotopic (exact) mass is 314 g/mol. The molecule has 0 radical (unpaired) electrons. The smallest absolute Gasteiger partial charge is 0.309 e. The second-order valence-electron chi connectivity index (χ2n) is 5.03. The lowest BCUT2D eigenvalue weighted by atomic mass is 10.2. The zero-order valence-electron chi connectivity index (χ0n) is 12.9. The van der Waals surface area contributed by atoms with E-state index in [1.54, 1.807) is 19.2 Å². The summed E-state index contributed by atoms with van der Waals surface area (Å²) >= 11 is 0. The molecule has 0 amide bonds. The fraction of sp³-hybridized carbons (Fsp3) is 0.500. The van der Waals surface area contributed by atoms with Gasteiger partial charge >= 0.3 is 5.97 Å². The fourth-order valence-electron chi connectivity index (χ4n) is 1.66. The van der Waals surface area contributed by atoms with Gasteiger partial charge in [-0.1, -0.05) is 12.1 Å². The van der Waals surface area contributed by atoms with Crippen molar-refractivity contribution in [3.8, 4) is 0 Å². The number of hydrogen-bond donors (Lipinski definition) is 0. The van der Waals surface area contributed by atoms with E-state index in [2.05, 4.69) is 4.74 Å². The number of carbonyl (C=O) groups excluding carboxylic acids is 1. The molecule has 0 N–H and O–H groups in total. The van der Waals surface area contributed by atoms with Crippen LogP contribution in [0.15, 0.2) is 29.2 Å². The van der Waals surface area contributed by atoms with Gasteiger partial charge in [-0.05, 0) is 31.8 Å². The van der Waals surface area contributed by atoms with Crippen molar-refractivity contribution in [1.82, 2.24) is 9.21 Å². The second kappa shape index (κ2) is 7.53. The molecule has 1 aromatic carbocycles. The maximum absolute atomic E-state index is 12.4. The molecule has 7 heteroatoms. The van der Waals surface area contributed by atoms with Gasteiger partial charge in [0.15, 0.2) is 0 Å². The van der Waals surface area contributed by atoms with Crippen molar-refractivity contribution in [1.29, 1.82) is 0 Å². The van der Waals surface area contributed by atoms with E-state index in [4.69, 9.17) is 0 Å². The van der Waals surface area contributed by atoms with E-state index in [-0.39, 0.29) is 17.3 Å². The normalized spacial score (nSPS) is 11.9. The van der Waals surface area contributed by atoms with Crippen LogP contribution in [0.1, 0.15) is 5.56 Å². The first-order valence-corrected chi connectivity index (χ1v) is 7.98. The number of methoxy groups -OCH3 is 1. The maximum atomic E-state index is 12.4. The first-order valence-electron chi connectivity index (χ1n) is 6.54. The van der Waals surface area contributed by atoms with E-state index >= 15 is 0 Å². The van der Waals surface area contributed by atoms with E-state index in [1.807, 2.05) is 19.0 Å². The largest absolute Gasteiger partial charge is 0.469 e. The van der Waals surface area contributed by atoms with Gasteiger partial charge < -0.3 is 9.64 Å². The number of ether oxygens (including phenoxy) is 1. The van der Waals surface area contributed by atoms with Crippen LogP contribution in [-0.4, -0.2) is 64.9 Å². The van der Waals surface area contributed by atoms with Gasteiger partial charge in [0.1, 0.15) is 0 Å². The molecule has 0 aliphatic rings. The molecule has 21 heavy (non-hydrogen) atoms. The molecule has 0 aliphatic heterocycles. The molecule has 6 nitrogen and oxygen atoms in total. The van der Waals surface area contributed by atoms with Gasteiger partial charge in [-0.15, -0.1) is 0 Å². The molecule has 0 bridgehead atoms. The average molecular weight is 314 g/mol. The van der Waals surface area contributed by atoms with Gasteiger partial charge in [-0.3, -0.25) is 4.79 Å². The van der Waals surface area contributed by atoms with E-state index in [0.29, 0.717) is 13.1 Å². The first-order chi connectivity index (χ1) is 9.77. The third kappa shape index (κ3) is 5.11. The van der Waals surface area contributed by atoms with E-state index in [9.17, 15) is 13.2 Å². The molecule has 0 spiro atoms. The number of nitrogens with zero attached hydrogens (tertiary/aromatic N) is 2. The Morgan fingerprint density at radius 1 is 1.10 bits per heavy atom. The third-order valence-electron chi connectivity index (χ3n) is 3.07. The van der Waals surface area contributed by atoms with Gasteiger partial charge in [0.05, 0.1) is 18.4 Å². The molecule has 0 saturated carbocycles. The minimum Gasteiger partial charge on any atom is -0.469 e. The summed E-state index contributed by atoms with van der Waals surface area (Å²) in [7, 11) is 3.16. The van der Waals surface area contributed by atoms with Gasteiger partial charge in [0, 0.05) is 20.1 Å². The number of rotatable bonds is 7. The van der Waals surface area contributed by atoms with Crippen molar-refractivity contribution in [3.05, 3.63) is 29.8 Å². The molecule has 118 valence electrons. The highest BCUT2D eigenvalue weighted by Crippen LogP contribution is 2.15. The summed E-state index contributed by atoms with van der Waals surface area (Å²) in [5.41, 5.74) is 0.719. The number of benzene rings is 1. The average Bonchev–Trinajstić information content (AvgIpc) is 2.44. The Kier molecular flexibility index (Phi) is 6.32. The number of likely N-dealkylation sites (N-methyl/N-ethyl adjacent to an activating group) is 2. The summed E-state index contributed by atoms with van der Waals surface area (Å²) < 4.78 is 30.6. The third-order valence-corrected chi connectivity index (χ3v) is 4.94. The summed E-state index contributed by atoms with van der Waals surface area (Å²) in [5, 5.41) is 0. The summed E-state index contributed by atoms with van der Waals surface area (Å²) in [4.78, 5) is 13.3. The van der Waals surface area contributed by atoms with E-state index in [1.165, 1.54) is 23.5 Å². The van der Waals surface area contributed by atoms with Crippen molar-refractivity contribution in [2.75, 3.05) is 41.3 Å². The highest BCUT2D eigenvalue weighted by molar-refractivity contribution is 7.89. The molecule has 0 unspecified atom stereocenters. The van der Waals surface area contributed by atoms with Crippen LogP contribution < -0.4 is 0 Å². The quantitative estimate of drug-likeness (QED) is 0.689. The lowest BCUT2D eigenvalue weighted by Crippen LogP contribution is -2.33. The van der Waals surface area contributed by atoms with Crippen molar-refractivity contribution in [3.63, 3.8) is 0 Å². The predicted octanol–water partition coefficient (Wildman–Crippen LogP) is 0.584. The number of hydrogen-bond acceptors (Lipinski definition) is 5. The Labute approximate surface area is 126 Å². The fourth-order valence-corrected chi connectivity index (χ4v) is 2.82. The van der Waals surface area contributed by atoms with E-state index in [0.717, 1.165) is 5.56 Å². The minimum absolute atomic E-state index is 0.132. The molecular formula is C14H22N2O4S. The van der Waals surface area contributed by atoms with Crippen molar-refractivity contribution >= 4 is 16.0 Å². The minimum atomic E-state index is -3.49. The maximum Gasteiger partial charge on any atom is 0.309 e. The topological polar surface area (TPSA) is 66.9 Å². The molecular weight excluding hydrogens is 292 g/mol. The zero-order chi connectivity index (χ0) is 16.0. The van der Waals surface area contributed by atoms with Gasteiger partial charge in [-0.25, -0.2) is 8.42 Å². The Bertz CT molecular complexity index is 567. The molecule has 0 atom stereocenters. The lowest BCUT2D eigenvalue weighted by molar-refractivity contribution is -0.139. The lowest BCUT2D eigenvalue weighted by Gasteiger charge is -2.19. The van der Waals surface area contributed by atoms with Gasteiger partial charge in [0.2, 0.25) is 10.0 Å². The highest BCUT2D eigenvalue weighted by atomic mass is 32.2. The van der Waals surface area contributed by atoms with Crippen LogP contribution in [0.25, 0.3) is 0 Å². The van der Waals surface area contributed by atoms with Crippen LogP contribution in [0, 0.1) is 0 Å². The van der Waals surface area contributed by atoms with Crippen LogP contribution >= 0.6 is 0 Å². The van der Waals surface area contributed by atoms with Crippen molar-refractivity contribution in [2.24, 2.45) is 0 Å². The summed E-state index contributed by atoms with van der Waals surface area (Å²) in [5.74, 6) is -0.353. The van der Waals surface area contributed by atoms with Gasteiger partial charge in [-0.2, -0.15) is 4.31 Å². The molecule has 1 aromatic rings. The Morgan fingerprint density at radius 2 is 1.67 bits per heavy atom. The van der Waals surface area contributed by atoms with Gasteiger partial charge in [0.25, 0.3) is 0 Å². The Hall–Kier alpha value is -1.44. The molecule has 0 fully saturated rings. The molecule has 0 heterocycles. The summed E-state index contributed by atoms with van der Waals surface area (Å²) in [6.45, 7) is 1.06. The molecule has 0 aromatic heterocycles. The molecule has 0 saturated heterocycles. The number of carbonyl (C=O) groups is 1. The standard InChI is InChI=1S/C14H22N2O4S/c1-15(2)9-10-16(3)21(18,19)13-7-5-12(6-8-13)11-14(17)20-4/h5-8H,9-11H2,1-4H3. The van der Waals surface area contributed by atoms with Crippen molar-refractivity contribution < 1.29 is 17.9 Å². The highest BCUT2D eigenvalue weighted by Gasteiger charge is 2.20. The van der Waals surface area contributed by atoms with Crippen LogP contribution in [-0.2, 0) is 26.0 Å². The summed E-state index contributed by atoms with van der Waals surface area (Å²) in [6.07, 6.45) is 0.132. The SMILES string of the molecule is COC(=O)Cc1ccc(S(=O)(=O)N(C)CCN(C)C)cc1. The van der Waals surface area contributed by atoms with Crippen LogP contribution in [0.2, 0.25) is 0 Å². The predicted molar refractivity (Wildman–Crippen MR) is 80.5 cm³/mol. The van der Waals surface area contributed by atoms with Crippen molar-refractivity contribution in [2.45, 2.75) is 11.3 Å². The zero-order valence-corrected chi connectivity index (χ0v) is 13.7. The van der Waals surface area contributed by atoms with Crippen LogP contribution in [0.3, 0.4) is 0 Å². The first kappa shape index (κ1) is 17.6. The van der Waals surface area contributed by atoms with E-state index < -0.39 is 10.0 Å². The second-order valence-corrected chi connectivity index (χ2v) is 7.07. The molecule has 1 rings (SSSR count). The number of esters is 1. The van der Waals surface area contributed by atoms with Crippen LogP contribution in [0.5, 0.6) is 0 Å². The summed E-state index contributed by atoms with van der Waals surface area (Å²) in [6, 6.07) is 6.28. The van der Waals surface area contributed by atoms with Crippen LogP contribution in [0.4, 0.5) is 0 Å². The Morgan fingerprint density at radius 3 is 2.14 bits per heavy atom. The Balaban J connectivity index is 2.82. The number of sulfonamides is 1. The molecule has 0 aliphatic carbocycles.